The van der Waals surface area contributed by atoms with Crippen LogP contribution in [0.4, 0.5) is 0 Å². The molecule has 0 saturated carbocycles. The molecule has 0 aliphatic carbocycles. The molecule has 0 amide bonds. The maximum absolute atomic E-state index is 10.5. The summed E-state index contributed by atoms with van der Waals surface area (Å²) in [6, 6.07) is 0. The van der Waals surface area contributed by atoms with E-state index in [0.29, 0.717) is 12.3 Å². The number of hydrogen-bond acceptors (Lipinski definition) is 3. The molecule has 87 valence electrons. The third kappa shape index (κ3) is 20.0. The number of carbonyl (C=O) groups excluding carboxylic acids is 1. The maximum Gasteiger partial charge on any atom is 0.310 e. The van der Waals surface area contributed by atoms with Crippen molar-refractivity contribution in [1.29, 1.82) is 0 Å². The molecule has 0 atom stereocenters. The third-order valence-electron chi connectivity index (χ3n) is 1.29. The molecule has 15 heavy (non-hydrogen) atoms. The molecule has 0 aromatic carbocycles. The molecule has 1 N–H and O–H groups in total. The summed E-state index contributed by atoms with van der Waals surface area (Å²) in [5, 5.41) is 8.09. The van der Waals surface area contributed by atoms with E-state index in [1.54, 1.807) is 20.8 Å². The first kappa shape index (κ1) is 17.2. The molecule has 0 aliphatic rings. The molecule has 0 heterocycles. The Morgan fingerprint density at radius 3 is 2.13 bits per heavy atom. The summed E-state index contributed by atoms with van der Waals surface area (Å²) in [4.78, 5) is 20.3. The number of ketones is 1. The van der Waals surface area contributed by atoms with Gasteiger partial charge >= 0.3 is 56.5 Å². The van der Waals surface area contributed by atoms with E-state index in [4.69, 9.17) is 8.42 Å². The summed E-state index contributed by atoms with van der Waals surface area (Å²) in [5.74, 6) is -0.548. The SMILES string of the molecule is CC(C)C[O][Ti].CCCC(=O)CC(=O)O. The smallest absolute Gasteiger partial charge is 0.310 e. The van der Waals surface area contributed by atoms with Crippen LogP contribution in [0.3, 0.4) is 0 Å². The molecule has 0 rings (SSSR count). The minimum Gasteiger partial charge on any atom is -0.481 e. The van der Waals surface area contributed by atoms with Crippen molar-refractivity contribution in [3.63, 3.8) is 0 Å². The molecular weight excluding hydrogens is 232 g/mol. The number of carbonyl (C=O) groups is 2. The number of hydrogen-bond donors (Lipinski definition) is 1. The van der Waals surface area contributed by atoms with Gasteiger partial charge in [-0.2, -0.15) is 0 Å². The minimum atomic E-state index is -1.03. The standard InChI is InChI=1S/C6H10O3.C4H9O.Ti/c1-2-3-5(7)4-6(8)9;1-4(2)3-5;/h2-4H2,1H3,(H,8,9);4H,3H2,1-2H3;/q;-1;+1. The molecule has 4 nitrogen and oxygen atoms in total. The molecule has 0 fully saturated rings. The second-order valence-corrected chi connectivity index (χ2v) is 4.01. The number of carboxylic acids is 1. The van der Waals surface area contributed by atoms with Crippen molar-refractivity contribution in [1.82, 2.24) is 0 Å². The Kier molecular flexibility index (Phi) is 13.6. The van der Waals surface area contributed by atoms with Gasteiger partial charge in [0.2, 0.25) is 0 Å². The molecule has 0 spiro atoms. The third-order valence-corrected chi connectivity index (χ3v) is 1.55. The van der Waals surface area contributed by atoms with Crippen LogP contribution in [0, 0.1) is 5.92 Å². The minimum absolute atomic E-state index is 0.190. The number of aliphatic carboxylic acids is 1. The summed E-state index contributed by atoms with van der Waals surface area (Å²) in [7, 11) is 0. The van der Waals surface area contributed by atoms with E-state index >= 15 is 0 Å². The Morgan fingerprint density at radius 1 is 1.40 bits per heavy atom. The zero-order valence-electron chi connectivity index (χ0n) is 9.58. The van der Waals surface area contributed by atoms with Gasteiger partial charge in [-0.25, -0.2) is 0 Å². The van der Waals surface area contributed by atoms with Gasteiger partial charge in [-0.1, -0.05) is 6.92 Å². The van der Waals surface area contributed by atoms with Crippen molar-refractivity contribution in [3.8, 4) is 0 Å². The zero-order chi connectivity index (χ0) is 12.3. The van der Waals surface area contributed by atoms with Crippen LogP contribution in [0.15, 0.2) is 0 Å². The van der Waals surface area contributed by atoms with Crippen LogP contribution < -0.4 is 0 Å². The molecule has 5 heteroatoms. The average molecular weight is 251 g/mol. The molecule has 0 radical (unpaired) electrons. The number of rotatable bonds is 6. The van der Waals surface area contributed by atoms with Crippen LogP contribution >= 0.6 is 0 Å². The zero-order valence-corrected chi connectivity index (χ0v) is 11.1. The maximum atomic E-state index is 10.5. The van der Waals surface area contributed by atoms with Gasteiger partial charge in [-0.3, -0.25) is 9.59 Å². The first-order valence-electron chi connectivity index (χ1n) is 4.96. The van der Waals surface area contributed by atoms with Crippen LogP contribution in [-0.2, 0) is 33.7 Å². The predicted octanol–water partition coefficient (Wildman–Crippen LogP) is 1.95. The van der Waals surface area contributed by atoms with Gasteiger partial charge in [-0.05, 0) is 6.42 Å². The fraction of sp³-hybridized carbons (Fsp3) is 0.800. The monoisotopic (exact) mass is 251 g/mol. The van der Waals surface area contributed by atoms with Crippen molar-refractivity contribution >= 4 is 11.8 Å². The van der Waals surface area contributed by atoms with Crippen molar-refractivity contribution in [2.75, 3.05) is 6.61 Å². The largest absolute Gasteiger partial charge is 0.481 e. The van der Waals surface area contributed by atoms with E-state index < -0.39 is 5.97 Å². The van der Waals surface area contributed by atoms with Crippen LogP contribution in [0.25, 0.3) is 0 Å². The normalized spacial score (nSPS) is 9.27. The van der Waals surface area contributed by atoms with Gasteiger partial charge in [0, 0.05) is 6.42 Å². The van der Waals surface area contributed by atoms with Gasteiger partial charge in [0.1, 0.15) is 12.2 Å². The van der Waals surface area contributed by atoms with E-state index in [0.717, 1.165) is 13.0 Å². The molecular formula is C10H19O4Ti. The quantitative estimate of drug-likeness (QED) is 0.578. The van der Waals surface area contributed by atoms with Crippen molar-refractivity contribution in [2.24, 2.45) is 5.92 Å². The van der Waals surface area contributed by atoms with Gasteiger partial charge < -0.3 is 5.11 Å². The molecule has 0 bridgehead atoms. The van der Waals surface area contributed by atoms with Gasteiger partial charge in [0.25, 0.3) is 0 Å². The van der Waals surface area contributed by atoms with E-state index in [9.17, 15) is 9.59 Å². The van der Waals surface area contributed by atoms with Crippen LogP contribution in [0.5, 0.6) is 0 Å². The summed E-state index contributed by atoms with van der Waals surface area (Å²) >= 11 is 1.72. The second kappa shape index (κ2) is 11.9. The average Bonchev–Trinajstić information content (AvgIpc) is 2.03. The molecule has 0 aromatic heterocycles. The summed E-state index contributed by atoms with van der Waals surface area (Å²) in [6.45, 7) is 6.98. The van der Waals surface area contributed by atoms with Gasteiger partial charge in [0.15, 0.2) is 0 Å². The molecule has 0 aliphatic heterocycles. The van der Waals surface area contributed by atoms with Crippen molar-refractivity contribution < 1.29 is 38.8 Å². The van der Waals surface area contributed by atoms with Crippen LogP contribution in [0.2, 0.25) is 0 Å². The number of Topliss-reactive ketones (excluding diaryl/α,β-unsaturated/α-hetero) is 1. The molecule has 0 unspecified atom stereocenters. The van der Waals surface area contributed by atoms with Crippen LogP contribution in [-0.4, -0.2) is 23.5 Å². The first-order chi connectivity index (χ1) is 6.93. The predicted molar refractivity (Wildman–Crippen MR) is 53.0 cm³/mol. The summed E-state index contributed by atoms with van der Waals surface area (Å²) in [5.41, 5.74) is 0. The Balaban J connectivity index is 0. The van der Waals surface area contributed by atoms with Crippen molar-refractivity contribution in [3.05, 3.63) is 0 Å². The van der Waals surface area contributed by atoms with Crippen LogP contribution in [0.1, 0.15) is 40.0 Å². The fourth-order valence-corrected chi connectivity index (χ4v) is 1.22. The summed E-state index contributed by atoms with van der Waals surface area (Å²) in [6.07, 6.45) is 0.784. The fourth-order valence-electron chi connectivity index (χ4n) is 0.703. The van der Waals surface area contributed by atoms with E-state index in [1.807, 2.05) is 6.92 Å². The summed E-state index contributed by atoms with van der Waals surface area (Å²) < 4.78 is 4.80. The van der Waals surface area contributed by atoms with E-state index in [2.05, 4.69) is 13.8 Å². The Morgan fingerprint density at radius 2 is 1.93 bits per heavy atom. The Bertz CT molecular complexity index is 180. The van der Waals surface area contributed by atoms with Gasteiger partial charge in [0.05, 0.1) is 0 Å². The van der Waals surface area contributed by atoms with Gasteiger partial charge in [-0.15, -0.1) is 0 Å². The van der Waals surface area contributed by atoms with E-state index in [1.165, 1.54) is 0 Å². The molecule has 0 aromatic rings. The first-order valence-corrected chi connectivity index (χ1v) is 5.59. The molecule has 0 saturated heterocycles. The topological polar surface area (TPSA) is 63.6 Å². The second-order valence-electron chi connectivity index (χ2n) is 3.56. The Labute approximate surface area is 103 Å². The van der Waals surface area contributed by atoms with E-state index in [-0.39, 0.29) is 12.2 Å². The number of carboxylic acid groups (broad SMARTS) is 1. The van der Waals surface area contributed by atoms with Crippen molar-refractivity contribution in [2.45, 2.75) is 40.0 Å². The Hall–Kier alpha value is -0.186.